The molecule has 0 N–H and O–H groups in total. The van der Waals surface area contributed by atoms with Crippen molar-refractivity contribution < 1.29 is 0 Å². The van der Waals surface area contributed by atoms with Gasteiger partial charge in [0.25, 0.3) is 0 Å². The van der Waals surface area contributed by atoms with Crippen LogP contribution in [-0.4, -0.2) is 49.7 Å². The summed E-state index contributed by atoms with van der Waals surface area (Å²) in [4.78, 5) is 18.6. The summed E-state index contributed by atoms with van der Waals surface area (Å²) in [5, 5.41) is 4.22. The zero-order valence-corrected chi connectivity index (χ0v) is 13.8. The molecule has 3 aliphatic rings. The molecule has 0 amide bonds. The number of aromatic nitrogens is 5. The number of nitrogens with zero attached hydrogens (tertiary/aromatic N) is 7. The monoisotopic (exact) mass is 321 g/mol. The van der Waals surface area contributed by atoms with Crippen molar-refractivity contribution in [2.24, 2.45) is 0 Å². The fraction of sp³-hybridized carbons (Fsp3) is 0.412. The summed E-state index contributed by atoms with van der Waals surface area (Å²) in [6.07, 6.45) is 5.00. The summed E-state index contributed by atoms with van der Waals surface area (Å²) in [5.74, 6) is 2.95. The lowest BCUT2D eigenvalue weighted by Gasteiger charge is -2.57. The first-order valence-electron chi connectivity index (χ1n) is 8.33. The number of hydrogen-bond acceptors (Lipinski definition) is 6. The van der Waals surface area contributed by atoms with E-state index in [0.717, 1.165) is 41.9 Å². The summed E-state index contributed by atoms with van der Waals surface area (Å²) in [6.45, 7) is 5.95. The third-order valence-electron chi connectivity index (χ3n) is 4.98. The Morgan fingerprint density at radius 3 is 2.62 bits per heavy atom. The molecule has 0 aromatic carbocycles. The average Bonchev–Trinajstić information content (AvgIpc) is 3.02. The SMILES string of the molecule is Cc1cc(N2CC3CC(C2)N3c2ccn3nccc3n2)nc(C)n1. The number of aryl methyl sites for hydroxylation is 2. The lowest BCUT2D eigenvalue weighted by Crippen LogP contribution is -2.69. The van der Waals surface area contributed by atoms with Crippen LogP contribution in [0.25, 0.3) is 5.65 Å². The molecule has 3 saturated heterocycles. The second-order valence-corrected chi connectivity index (χ2v) is 6.69. The molecule has 3 aromatic rings. The summed E-state index contributed by atoms with van der Waals surface area (Å²) in [5.41, 5.74) is 1.93. The van der Waals surface area contributed by atoms with Crippen LogP contribution in [0.1, 0.15) is 17.9 Å². The maximum Gasteiger partial charge on any atom is 0.157 e. The molecule has 7 heteroatoms. The summed E-state index contributed by atoms with van der Waals surface area (Å²) < 4.78 is 1.80. The third kappa shape index (κ3) is 2.04. The molecule has 24 heavy (non-hydrogen) atoms. The average molecular weight is 321 g/mol. The zero-order valence-electron chi connectivity index (χ0n) is 13.8. The molecule has 3 aromatic heterocycles. The zero-order chi connectivity index (χ0) is 16.3. The molecular weight excluding hydrogens is 302 g/mol. The van der Waals surface area contributed by atoms with E-state index in [1.165, 1.54) is 6.42 Å². The van der Waals surface area contributed by atoms with Crippen molar-refractivity contribution in [1.29, 1.82) is 0 Å². The van der Waals surface area contributed by atoms with E-state index in [-0.39, 0.29) is 0 Å². The Balaban J connectivity index is 1.40. The smallest absolute Gasteiger partial charge is 0.157 e. The van der Waals surface area contributed by atoms with Crippen molar-refractivity contribution >= 4 is 17.3 Å². The Hall–Kier alpha value is -2.70. The van der Waals surface area contributed by atoms with Gasteiger partial charge in [-0.3, -0.25) is 0 Å². The van der Waals surface area contributed by atoms with Gasteiger partial charge in [0.05, 0.1) is 18.3 Å². The largest absolute Gasteiger partial charge is 0.352 e. The van der Waals surface area contributed by atoms with E-state index in [1.54, 1.807) is 10.7 Å². The van der Waals surface area contributed by atoms with Crippen molar-refractivity contribution in [2.45, 2.75) is 32.4 Å². The number of rotatable bonds is 2. The van der Waals surface area contributed by atoms with E-state index in [2.05, 4.69) is 37.0 Å². The molecule has 2 unspecified atom stereocenters. The van der Waals surface area contributed by atoms with Crippen molar-refractivity contribution in [3.63, 3.8) is 0 Å². The van der Waals surface area contributed by atoms with E-state index in [1.807, 2.05) is 26.1 Å². The summed E-state index contributed by atoms with van der Waals surface area (Å²) >= 11 is 0. The molecule has 3 fully saturated rings. The predicted octanol–water partition coefficient (Wildman–Crippen LogP) is 1.60. The molecule has 6 rings (SSSR count). The van der Waals surface area contributed by atoms with E-state index in [9.17, 15) is 0 Å². The first kappa shape index (κ1) is 13.7. The van der Waals surface area contributed by atoms with Gasteiger partial charge in [-0.15, -0.1) is 0 Å². The number of anilines is 2. The fourth-order valence-electron chi connectivity index (χ4n) is 3.98. The van der Waals surface area contributed by atoms with Gasteiger partial charge in [-0.05, 0) is 26.3 Å². The molecular formula is C17H19N7. The van der Waals surface area contributed by atoms with Gasteiger partial charge < -0.3 is 9.80 Å². The van der Waals surface area contributed by atoms with Crippen molar-refractivity contribution in [3.05, 3.63) is 42.1 Å². The Bertz CT molecular complexity index is 886. The van der Waals surface area contributed by atoms with Crippen LogP contribution < -0.4 is 9.80 Å². The van der Waals surface area contributed by atoms with E-state index in [4.69, 9.17) is 4.98 Å². The maximum atomic E-state index is 4.75. The minimum atomic E-state index is 0.497. The minimum absolute atomic E-state index is 0.497. The first-order valence-corrected chi connectivity index (χ1v) is 8.33. The molecule has 6 heterocycles. The highest BCUT2D eigenvalue weighted by Crippen LogP contribution is 2.37. The van der Waals surface area contributed by atoms with Crippen LogP contribution in [0.4, 0.5) is 11.6 Å². The lowest BCUT2D eigenvalue weighted by molar-refractivity contribution is 0.288. The quantitative estimate of drug-likeness (QED) is 0.714. The Kier molecular flexibility index (Phi) is 2.80. The van der Waals surface area contributed by atoms with Crippen molar-refractivity contribution in [1.82, 2.24) is 24.6 Å². The van der Waals surface area contributed by atoms with Crippen molar-refractivity contribution in [3.8, 4) is 0 Å². The van der Waals surface area contributed by atoms with Crippen LogP contribution >= 0.6 is 0 Å². The molecule has 7 nitrogen and oxygen atoms in total. The Labute approximate surface area is 140 Å². The third-order valence-corrected chi connectivity index (χ3v) is 4.98. The van der Waals surface area contributed by atoms with E-state index >= 15 is 0 Å². The Morgan fingerprint density at radius 1 is 1.00 bits per heavy atom. The Morgan fingerprint density at radius 2 is 1.83 bits per heavy atom. The van der Waals surface area contributed by atoms with Gasteiger partial charge in [-0.25, -0.2) is 19.5 Å². The van der Waals surface area contributed by atoms with Gasteiger partial charge in [0, 0.05) is 37.1 Å². The molecule has 122 valence electrons. The molecule has 2 bridgehead atoms. The summed E-state index contributed by atoms with van der Waals surface area (Å²) in [7, 11) is 0. The van der Waals surface area contributed by atoms with E-state index < -0.39 is 0 Å². The summed E-state index contributed by atoms with van der Waals surface area (Å²) in [6, 6.07) is 7.08. The highest BCUT2D eigenvalue weighted by molar-refractivity contribution is 5.55. The van der Waals surface area contributed by atoms with Crippen LogP contribution in [-0.2, 0) is 0 Å². The highest BCUT2D eigenvalue weighted by atomic mass is 15.4. The van der Waals surface area contributed by atoms with Gasteiger partial charge in [-0.2, -0.15) is 5.10 Å². The number of hydrogen-bond donors (Lipinski definition) is 0. The second kappa shape index (κ2) is 4.90. The van der Waals surface area contributed by atoms with E-state index in [0.29, 0.717) is 12.1 Å². The second-order valence-electron chi connectivity index (χ2n) is 6.69. The number of fused-ring (bicyclic) bond motifs is 3. The van der Waals surface area contributed by atoms with Gasteiger partial charge in [-0.1, -0.05) is 0 Å². The molecule has 2 atom stereocenters. The molecule has 0 spiro atoms. The van der Waals surface area contributed by atoms with Gasteiger partial charge in [0.1, 0.15) is 17.5 Å². The van der Waals surface area contributed by atoms with Crippen LogP contribution in [0.3, 0.4) is 0 Å². The van der Waals surface area contributed by atoms with Crippen LogP contribution in [0.2, 0.25) is 0 Å². The number of piperazine rings is 1. The maximum absolute atomic E-state index is 4.75. The van der Waals surface area contributed by atoms with Crippen LogP contribution in [0.15, 0.2) is 30.6 Å². The van der Waals surface area contributed by atoms with Gasteiger partial charge in [0.15, 0.2) is 5.65 Å². The molecule has 0 aliphatic carbocycles. The fourth-order valence-corrected chi connectivity index (χ4v) is 3.98. The van der Waals surface area contributed by atoms with Crippen LogP contribution in [0.5, 0.6) is 0 Å². The normalized spacial score (nSPS) is 22.8. The highest BCUT2D eigenvalue weighted by Gasteiger charge is 2.45. The molecule has 3 aliphatic heterocycles. The van der Waals surface area contributed by atoms with Gasteiger partial charge in [0.2, 0.25) is 0 Å². The minimum Gasteiger partial charge on any atom is -0.352 e. The van der Waals surface area contributed by atoms with Gasteiger partial charge >= 0.3 is 0 Å². The lowest BCUT2D eigenvalue weighted by atomic mass is 9.87. The number of piperidine rings is 1. The predicted molar refractivity (Wildman–Crippen MR) is 91.4 cm³/mol. The first-order chi connectivity index (χ1) is 11.7. The molecule has 0 radical (unpaired) electrons. The molecule has 0 saturated carbocycles. The van der Waals surface area contributed by atoms with Crippen LogP contribution in [0, 0.1) is 13.8 Å². The topological polar surface area (TPSA) is 62.5 Å². The standard InChI is InChI=1S/C17H19N7/c1-11-7-17(20-12(2)19-11)22-9-13-8-14(10-22)24(13)16-4-6-23-15(21-16)3-5-18-23/h3-7,13-14H,8-10H2,1-2H3. The van der Waals surface area contributed by atoms with Crippen molar-refractivity contribution in [2.75, 3.05) is 22.9 Å².